The van der Waals surface area contributed by atoms with Crippen LogP contribution in [0.5, 0.6) is 0 Å². The molecule has 2 unspecified atom stereocenters. The van der Waals surface area contributed by atoms with Crippen molar-refractivity contribution in [2.75, 3.05) is 0 Å². The first-order chi connectivity index (χ1) is 9.40. The number of carbonyl (C=O) groups excluding carboxylic acids is 1. The molecule has 2 atom stereocenters. The van der Waals surface area contributed by atoms with Gasteiger partial charge in [0.25, 0.3) is 5.91 Å². The molecule has 0 fully saturated rings. The van der Waals surface area contributed by atoms with Gasteiger partial charge in [-0.3, -0.25) is 9.59 Å². The fourth-order valence-corrected chi connectivity index (χ4v) is 2.14. The third-order valence-electron chi connectivity index (χ3n) is 3.06. The molecule has 20 heavy (non-hydrogen) atoms. The number of nitrogens with zero attached hydrogens (tertiary/aromatic N) is 1. The zero-order valence-electron chi connectivity index (χ0n) is 11.6. The van der Waals surface area contributed by atoms with Gasteiger partial charge in [0.05, 0.1) is 5.92 Å². The molecule has 1 aromatic heterocycles. The Balaban J connectivity index is 2.37. The highest BCUT2D eigenvalue weighted by atomic mass is 79.9. The van der Waals surface area contributed by atoms with E-state index in [1.807, 2.05) is 6.92 Å². The van der Waals surface area contributed by atoms with Crippen LogP contribution in [0.4, 0.5) is 0 Å². The van der Waals surface area contributed by atoms with Crippen molar-refractivity contribution in [3.8, 4) is 0 Å². The van der Waals surface area contributed by atoms with Gasteiger partial charge in [-0.1, -0.05) is 13.3 Å². The second-order valence-electron chi connectivity index (χ2n) is 4.91. The summed E-state index contributed by atoms with van der Waals surface area (Å²) in [5, 5.41) is 11.7. The molecule has 5 nitrogen and oxygen atoms in total. The van der Waals surface area contributed by atoms with Crippen LogP contribution in [0.3, 0.4) is 0 Å². The molecular formula is C14H19BrN2O3. The largest absolute Gasteiger partial charge is 0.481 e. The second-order valence-corrected chi connectivity index (χ2v) is 5.72. The third-order valence-corrected chi connectivity index (χ3v) is 3.50. The van der Waals surface area contributed by atoms with Crippen molar-refractivity contribution < 1.29 is 14.7 Å². The third kappa shape index (κ3) is 5.69. The molecule has 0 aliphatic heterocycles. The Bertz CT molecular complexity index is 479. The van der Waals surface area contributed by atoms with Crippen molar-refractivity contribution in [2.24, 2.45) is 5.92 Å². The molecule has 0 saturated heterocycles. The van der Waals surface area contributed by atoms with Crippen LogP contribution >= 0.6 is 15.9 Å². The summed E-state index contributed by atoms with van der Waals surface area (Å²) in [6.07, 6.45) is 3.72. The first-order valence-electron chi connectivity index (χ1n) is 6.55. The summed E-state index contributed by atoms with van der Waals surface area (Å²) in [7, 11) is 0. The Labute approximate surface area is 126 Å². The molecule has 2 N–H and O–H groups in total. The maximum absolute atomic E-state index is 12.0. The monoisotopic (exact) mass is 342 g/mol. The average molecular weight is 343 g/mol. The molecule has 0 spiro atoms. The fraction of sp³-hybridized carbons (Fsp3) is 0.500. The van der Waals surface area contributed by atoms with Gasteiger partial charge in [0.15, 0.2) is 0 Å². The molecule has 0 radical (unpaired) electrons. The standard InChI is InChI=1S/C14H19BrN2O3/c1-9(14(19)20)4-3-5-10(2)17-13(18)11-6-7-16-12(15)8-11/h6-10H,3-5H2,1-2H3,(H,17,18)(H,19,20). The number of amides is 1. The van der Waals surface area contributed by atoms with Crippen molar-refractivity contribution in [3.63, 3.8) is 0 Å². The van der Waals surface area contributed by atoms with Crippen LogP contribution in [-0.4, -0.2) is 28.0 Å². The van der Waals surface area contributed by atoms with E-state index in [9.17, 15) is 9.59 Å². The number of carboxylic acids is 1. The lowest BCUT2D eigenvalue weighted by molar-refractivity contribution is -0.141. The topological polar surface area (TPSA) is 79.3 Å². The Kier molecular flexibility index (Phi) is 6.64. The van der Waals surface area contributed by atoms with E-state index in [4.69, 9.17) is 5.11 Å². The number of nitrogens with one attached hydrogen (secondary N) is 1. The molecule has 6 heteroatoms. The van der Waals surface area contributed by atoms with E-state index in [-0.39, 0.29) is 17.9 Å². The van der Waals surface area contributed by atoms with Crippen LogP contribution in [0.1, 0.15) is 43.5 Å². The van der Waals surface area contributed by atoms with E-state index in [1.165, 1.54) is 0 Å². The van der Waals surface area contributed by atoms with E-state index in [0.29, 0.717) is 16.6 Å². The molecule has 1 aromatic rings. The molecule has 1 amide bonds. The lowest BCUT2D eigenvalue weighted by Crippen LogP contribution is -2.32. The van der Waals surface area contributed by atoms with E-state index < -0.39 is 5.97 Å². The highest BCUT2D eigenvalue weighted by molar-refractivity contribution is 9.10. The molecule has 0 saturated carbocycles. The minimum Gasteiger partial charge on any atom is -0.481 e. The molecular weight excluding hydrogens is 324 g/mol. The Hall–Kier alpha value is -1.43. The van der Waals surface area contributed by atoms with Crippen molar-refractivity contribution in [1.29, 1.82) is 0 Å². The number of pyridine rings is 1. The van der Waals surface area contributed by atoms with Crippen molar-refractivity contribution >= 4 is 27.8 Å². The van der Waals surface area contributed by atoms with Crippen LogP contribution in [0, 0.1) is 5.92 Å². The van der Waals surface area contributed by atoms with Crippen LogP contribution in [-0.2, 0) is 4.79 Å². The van der Waals surface area contributed by atoms with Gasteiger partial charge in [-0.15, -0.1) is 0 Å². The van der Waals surface area contributed by atoms with Gasteiger partial charge in [-0.2, -0.15) is 0 Å². The quantitative estimate of drug-likeness (QED) is 0.746. The highest BCUT2D eigenvalue weighted by Crippen LogP contribution is 2.11. The zero-order valence-corrected chi connectivity index (χ0v) is 13.2. The highest BCUT2D eigenvalue weighted by Gasteiger charge is 2.13. The normalized spacial score (nSPS) is 13.6. The van der Waals surface area contributed by atoms with E-state index in [2.05, 4.69) is 26.2 Å². The number of halogens is 1. The molecule has 1 rings (SSSR count). The van der Waals surface area contributed by atoms with Crippen LogP contribution in [0.25, 0.3) is 0 Å². The van der Waals surface area contributed by atoms with Gasteiger partial charge in [-0.25, -0.2) is 4.98 Å². The summed E-state index contributed by atoms with van der Waals surface area (Å²) in [6, 6.07) is 3.32. The Morgan fingerprint density at radius 1 is 1.40 bits per heavy atom. The average Bonchev–Trinajstić information content (AvgIpc) is 2.38. The summed E-state index contributed by atoms with van der Waals surface area (Å²) in [5.41, 5.74) is 0.553. The van der Waals surface area contributed by atoms with Crippen LogP contribution in [0.2, 0.25) is 0 Å². The summed E-state index contributed by atoms with van der Waals surface area (Å²) in [6.45, 7) is 3.61. The minimum absolute atomic E-state index is 0.00966. The van der Waals surface area contributed by atoms with E-state index in [1.54, 1.807) is 25.3 Å². The SMILES string of the molecule is CC(CCCC(C)C(=O)O)NC(=O)c1ccnc(Br)c1. The number of hydrogen-bond acceptors (Lipinski definition) is 3. The van der Waals surface area contributed by atoms with Crippen molar-refractivity contribution in [2.45, 2.75) is 39.2 Å². The number of carbonyl (C=O) groups is 2. The van der Waals surface area contributed by atoms with E-state index in [0.717, 1.165) is 12.8 Å². The first kappa shape index (κ1) is 16.6. The van der Waals surface area contributed by atoms with Gasteiger partial charge in [-0.05, 0) is 47.8 Å². The minimum atomic E-state index is -0.775. The second kappa shape index (κ2) is 7.99. The predicted octanol–water partition coefficient (Wildman–Crippen LogP) is 2.85. The van der Waals surface area contributed by atoms with Gasteiger partial charge < -0.3 is 10.4 Å². The van der Waals surface area contributed by atoms with E-state index >= 15 is 0 Å². The molecule has 0 aliphatic carbocycles. The predicted molar refractivity (Wildman–Crippen MR) is 79.5 cm³/mol. The fourth-order valence-electron chi connectivity index (χ4n) is 1.78. The van der Waals surface area contributed by atoms with Crippen molar-refractivity contribution in [1.82, 2.24) is 10.3 Å². The lowest BCUT2D eigenvalue weighted by Gasteiger charge is -2.14. The zero-order chi connectivity index (χ0) is 15.1. The molecule has 0 aromatic carbocycles. The molecule has 0 bridgehead atoms. The summed E-state index contributed by atoms with van der Waals surface area (Å²) < 4.78 is 0.619. The summed E-state index contributed by atoms with van der Waals surface area (Å²) in [5.74, 6) is -1.26. The number of carboxylic acid groups (broad SMARTS) is 1. The smallest absolute Gasteiger partial charge is 0.306 e. The maximum atomic E-state index is 12.0. The lowest BCUT2D eigenvalue weighted by atomic mass is 10.0. The van der Waals surface area contributed by atoms with Gasteiger partial charge >= 0.3 is 5.97 Å². The number of aliphatic carboxylic acids is 1. The number of aromatic nitrogens is 1. The van der Waals surface area contributed by atoms with Crippen molar-refractivity contribution in [3.05, 3.63) is 28.5 Å². The Morgan fingerprint density at radius 2 is 2.10 bits per heavy atom. The van der Waals surface area contributed by atoms with Gasteiger partial charge in [0, 0.05) is 17.8 Å². The molecule has 1 heterocycles. The number of hydrogen-bond donors (Lipinski definition) is 2. The van der Waals surface area contributed by atoms with Crippen LogP contribution in [0.15, 0.2) is 22.9 Å². The van der Waals surface area contributed by atoms with Crippen LogP contribution < -0.4 is 5.32 Å². The first-order valence-corrected chi connectivity index (χ1v) is 7.34. The van der Waals surface area contributed by atoms with Gasteiger partial charge in [0.1, 0.15) is 4.60 Å². The summed E-state index contributed by atoms with van der Waals surface area (Å²) >= 11 is 3.22. The maximum Gasteiger partial charge on any atom is 0.306 e. The molecule has 0 aliphatic rings. The molecule has 110 valence electrons. The Morgan fingerprint density at radius 3 is 2.70 bits per heavy atom. The number of rotatable bonds is 7. The van der Waals surface area contributed by atoms with Gasteiger partial charge in [0.2, 0.25) is 0 Å². The summed E-state index contributed by atoms with van der Waals surface area (Å²) in [4.78, 5) is 26.6.